The third kappa shape index (κ3) is 11.5. The molecule has 0 spiro atoms. The first-order chi connectivity index (χ1) is 24.4. The highest BCUT2D eigenvalue weighted by molar-refractivity contribution is 5.90. The average Bonchev–Trinajstić information content (AvgIpc) is 3.59. The molecule has 1 aliphatic heterocycles. The Bertz CT molecular complexity index is 1270. The van der Waals surface area contributed by atoms with Crippen LogP contribution in [-0.2, 0) is 28.7 Å². The molecule has 0 aliphatic carbocycles. The Balaban J connectivity index is 2.25. The highest BCUT2D eigenvalue weighted by Crippen LogP contribution is 2.30. The Hall–Kier alpha value is -3.06. The Kier molecular flexibility index (Phi) is 18.2. The van der Waals surface area contributed by atoms with Gasteiger partial charge < -0.3 is 35.0 Å². The van der Waals surface area contributed by atoms with Gasteiger partial charge in [-0.15, -0.1) is 0 Å². The van der Waals surface area contributed by atoms with Gasteiger partial charge in [-0.05, 0) is 57.2 Å². The van der Waals surface area contributed by atoms with E-state index in [1.165, 1.54) is 0 Å². The number of hydrogen-bond donors (Lipinski definition) is 3. The third-order valence-electron chi connectivity index (χ3n) is 10.9. The summed E-state index contributed by atoms with van der Waals surface area (Å²) in [6, 6.07) is 6.72. The number of methoxy groups -OCH3 is 2. The number of ether oxygens (including phenoxy) is 2. The zero-order valence-electron chi connectivity index (χ0n) is 34.1. The van der Waals surface area contributed by atoms with Gasteiger partial charge in [-0.25, -0.2) is 0 Å². The predicted octanol–water partition coefficient (Wildman–Crippen LogP) is 3.87. The van der Waals surface area contributed by atoms with Crippen LogP contribution in [0.2, 0.25) is 0 Å². The van der Waals surface area contributed by atoms with Crippen LogP contribution in [0.25, 0.3) is 0 Å². The summed E-state index contributed by atoms with van der Waals surface area (Å²) in [4.78, 5) is 60.6. The molecule has 52 heavy (non-hydrogen) atoms. The minimum absolute atomic E-state index is 0.0153. The number of carbonyl (C=O) groups excluding carboxylic acids is 4. The molecule has 1 saturated heterocycles. The number of carbonyl (C=O) groups is 4. The Labute approximate surface area is 313 Å². The lowest BCUT2D eigenvalue weighted by atomic mass is 9.89. The minimum Gasteiger partial charge on any atom is -0.386 e. The maximum atomic E-state index is 14.2. The third-order valence-corrected chi connectivity index (χ3v) is 10.9. The summed E-state index contributed by atoms with van der Waals surface area (Å²) in [5.74, 6) is -1.57. The van der Waals surface area contributed by atoms with E-state index in [0.29, 0.717) is 18.5 Å². The van der Waals surface area contributed by atoms with E-state index in [1.807, 2.05) is 90.9 Å². The molecule has 0 aromatic heterocycles. The van der Waals surface area contributed by atoms with Crippen LogP contribution in [0, 0.1) is 23.7 Å². The van der Waals surface area contributed by atoms with Crippen LogP contribution in [0.5, 0.6) is 0 Å². The van der Waals surface area contributed by atoms with Crippen molar-refractivity contribution in [2.24, 2.45) is 23.7 Å². The lowest BCUT2D eigenvalue weighted by molar-refractivity contribution is -0.148. The summed E-state index contributed by atoms with van der Waals surface area (Å²) in [5.41, 5.74) is 0.711. The van der Waals surface area contributed by atoms with Crippen molar-refractivity contribution in [1.82, 2.24) is 25.3 Å². The lowest BCUT2D eigenvalue weighted by Gasteiger charge is -2.41. The van der Waals surface area contributed by atoms with Crippen LogP contribution in [0.15, 0.2) is 30.3 Å². The summed E-state index contributed by atoms with van der Waals surface area (Å²) in [7, 11) is 8.57. The largest absolute Gasteiger partial charge is 0.386 e. The smallest absolute Gasteiger partial charge is 0.245 e. The topological polar surface area (TPSA) is 141 Å². The second kappa shape index (κ2) is 21.0. The van der Waals surface area contributed by atoms with Crippen molar-refractivity contribution >= 4 is 23.6 Å². The predicted molar refractivity (Wildman–Crippen MR) is 204 cm³/mol. The number of likely N-dealkylation sites (N-methyl/N-ethyl adjacent to an activating group) is 2. The molecule has 2 unspecified atom stereocenters. The fourth-order valence-corrected chi connectivity index (χ4v) is 7.78. The molecule has 1 aromatic rings. The van der Waals surface area contributed by atoms with Crippen LogP contribution >= 0.6 is 0 Å². The number of rotatable bonds is 20. The van der Waals surface area contributed by atoms with Crippen molar-refractivity contribution in [3.63, 3.8) is 0 Å². The number of hydrogen-bond acceptors (Lipinski definition) is 8. The van der Waals surface area contributed by atoms with E-state index in [1.54, 1.807) is 44.9 Å². The molecule has 0 bridgehead atoms. The maximum Gasteiger partial charge on any atom is 0.245 e. The summed E-state index contributed by atoms with van der Waals surface area (Å²) in [5, 5.41) is 16.8. The molecule has 1 fully saturated rings. The van der Waals surface area contributed by atoms with Crippen molar-refractivity contribution in [2.45, 2.75) is 130 Å². The molecule has 12 heteroatoms. The molecule has 296 valence electrons. The average molecular weight is 732 g/mol. The number of amides is 4. The van der Waals surface area contributed by atoms with Crippen LogP contribution in [0.3, 0.4) is 0 Å². The fourth-order valence-electron chi connectivity index (χ4n) is 7.78. The quantitative estimate of drug-likeness (QED) is 0.184. The van der Waals surface area contributed by atoms with Crippen LogP contribution in [0.1, 0.15) is 92.7 Å². The SMILES string of the molecule is CC[C@H](C)[C@@H]([C@@H](CC(=O)N1CCC[C@H]1C(OC)[C@@H](C)C(=O)N[C@H](C)[C@@H](O)c1ccccc1)OC)N(C)C(=O)[C@@H](NC(=O)C(C(C)C)N(C)C)C(C)C. The molecule has 10 atom stereocenters. The van der Waals surface area contributed by atoms with Gasteiger partial charge in [0.05, 0.1) is 54.8 Å². The fraction of sp³-hybridized carbons (Fsp3) is 0.750. The molecule has 12 nitrogen and oxygen atoms in total. The first-order valence-corrected chi connectivity index (χ1v) is 19.0. The minimum atomic E-state index is -0.876. The molecule has 1 aromatic carbocycles. The second-order valence-electron chi connectivity index (χ2n) is 15.6. The Morgan fingerprint density at radius 1 is 0.904 bits per heavy atom. The molecular weight excluding hydrogens is 662 g/mol. The van der Waals surface area contributed by atoms with Crippen molar-refractivity contribution in [1.29, 1.82) is 0 Å². The van der Waals surface area contributed by atoms with Crippen molar-refractivity contribution < 1.29 is 33.8 Å². The summed E-state index contributed by atoms with van der Waals surface area (Å²) >= 11 is 0. The molecule has 1 aliphatic rings. The molecule has 4 amide bonds. The first-order valence-electron chi connectivity index (χ1n) is 19.0. The zero-order chi connectivity index (χ0) is 39.4. The van der Waals surface area contributed by atoms with Gasteiger partial charge >= 0.3 is 0 Å². The van der Waals surface area contributed by atoms with E-state index >= 15 is 0 Å². The van der Waals surface area contributed by atoms with E-state index in [2.05, 4.69) is 10.6 Å². The van der Waals surface area contributed by atoms with Gasteiger partial charge in [0.2, 0.25) is 23.6 Å². The summed E-state index contributed by atoms with van der Waals surface area (Å²) < 4.78 is 11.9. The van der Waals surface area contributed by atoms with Crippen molar-refractivity contribution in [2.75, 3.05) is 41.9 Å². The maximum absolute atomic E-state index is 14.2. The Morgan fingerprint density at radius 3 is 2.02 bits per heavy atom. The van der Waals surface area contributed by atoms with Crippen LogP contribution < -0.4 is 10.6 Å². The number of aliphatic hydroxyl groups excluding tert-OH is 1. The molecule has 0 radical (unpaired) electrons. The van der Waals surface area contributed by atoms with E-state index < -0.39 is 48.4 Å². The number of benzene rings is 1. The van der Waals surface area contributed by atoms with Gasteiger partial charge in [0.15, 0.2) is 0 Å². The molecule has 1 heterocycles. The second-order valence-corrected chi connectivity index (χ2v) is 15.6. The highest BCUT2D eigenvalue weighted by atomic mass is 16.5. The summed E-state index contributed by atoms with van der Waals surface area (Å²) in [6.45, 7) is 16.0. The van der Waals surface area contributed by atoms with E-state index in [4.69, 9.17) is 9.47 Å². The van der Waals surface area contributed by atoms with Crippen LogP contribution in [-0.4, -0.2) is 128 Å². The monoisotopic (exact) mass is 732 g/mol. The zero-order valence-corrected chi connectivity index (χ0v) is 34.1. The lowest BCUT2D eigenvalue weighted by Crippen LogP contribution is -2.59. The number of aliphatic hydroxyl groups is 1. The van der Waals surface area contributed by atoms with E-state index in [9.17, 15) is 24.3 Å². The van der Waals surface area contributed by atoms with Crippen molar-refractivity contribution in [3.8, 4) is 0 Å². The number of nitrogens with one attached hydrogen (secondary N) is 2. The van der Waals surface area contributed by atoms with Gasteiger partial charge in [0.1, 0.15) is 6.04 Å². The van der Waals surface area contributed by atoms with E-state index in [0.717, 1.165) is 12.8 Å². The van der Waals surface area contributed by atoms with Gasteiger partial charge in [-0.2, -0.15) is 0 Å². The van der Waals surface area contributed by atoms with Crippen LogP contribution in [0.4, 0.5) is 0 Å². The highest BCUT2D eigenvalue weighted by Gasteiger charge is 2.43. The Morgan fingerprint density at radius 2 is 1.52 bits per heavy atom. The molecule has 3 N–H and O–H groups in total. The molecule has 0 saturated carbocycles. The van der Waals surface area contributed by atoms with Gasteiger partial charge in [-0.3, -0.25) is 24.1 Å². The standard InChI is InChI=1S/C40H69N5O7/c1-14-26(6)35(44(11)40(50)33(24(2)3)42-39(49)34(25(4)5)43(9)10)31(51-12)23-32(46)45-22-18-21-30(45)37(52-13)27(7)38(48)41-28(8)36(47)29-19-16-15-17-20-29/h15-17,19-20,24-28,30-31,33-37,47H,14,18,21-23H2,1-13H3,(H,41,48)(H,42,49)/t26-,27+,28+,30-,31+,33-,34?,35-,36+,37?/m0/s1. The molecular formula is C40H69N5O7. The first kappa shape index (κ1) is 45.1. The number of likely N-dealkylation sites (tertiary alicyclic amines) is 1. The van der Waals surface area contributed by atoms with Gasteiger partial charge in [0.25, 0.3) is 0 Å². The molecule has 2 rings (SSSR count). The number of nitrogens with zero attached hydrogens (tertiary/aromatic N) is 3. The normalized spacial score (nSPS) is 20.1. The van der Waals surface area contributed by atoms with Gasteiger partial charge in [-0.1, -0.05) is 85.2 Å². The van der Waals surface area contributed by atoms with Gasteiger partial charge in [0, 0.05) is 27.8 Å². The van der Waals surface area contributed by atoms with Crippen molar-refractivity contribution in [3.05, 3.63) is 35.9 Å². The van der Waals surface area contributed by atoms with E-state index in [-0.39, 0.29) is 53.8 Å². The summed E-state index contributed by atoms with van der Waals surface area (Å²) in [6.07, 6.45) is 0.148.